The van der Waals surface area contributed by atoms with Crippen LogP contribution in [0.3, 0.4) is 0 Å². The third-order valence-corrected chi connectivity index (χ3v) is 3.50. The lowest BCUT2D eigenvalue weighted by Gasteiger charge is -2.12. The van der Waals surface area contributed by atoms with E-state index < -0.39 is 0 Å². The molecule has 0 amide bonds. The zero-order valence-electron chi connectivity index (χ0n) is 11.4. The second-order valence-electron chi connectivity index (χ2n) is 4.34. The average Bonchev–Trinajstić information content (AvgIpc) is 2.47. The maximum absolute atomic E-state index is 8.71. The third kappa shape index (κ3) is 4.04. The Morgan fingerprint density at radius 2 is 1.90 bits per heavy atom. The summed E-state index contributed by atoms with van der Waals surface area (Å²) in [5.41, 5.74) is 1.72. The van der Waals surface area contributed by atoms with E-state index in [1.807, 2.05) is 12.1 Å². The Morgan fingerprint density at radius 1 is 1.10 bits per heavy atom. The number of benzene rings is 2. The van der Waals surface area contributed by atoms with E-state index in [0.29, 0.717) is 34.6 Å². The summed E-state index contributed by atoms with van der Waals surface area (Å²) in [4.78, 5) is 0. The summed E-state index contributed by atoms with van der Waals surface area (Å²) in [6.07, 6.45) is 0.333. The van der Waals surface area contributed by atoms with Crippen molar-refractivity contribution >= 4 is 23.2 Å². The van der Waals surface area contributed by atoms with Crippen LogP contribution in [0.5, 0.6) is 11.5 Å². The van der Waals surface area contributed by atoms with Crippen LogP contribution in [0.15, 0.2) is 36.4 Å². The van der Waals surface area contributed by atoms with Gasteiger partial charge < -0.3 is 9.47 Å². The molecule has 21 heavy (non-hydrogen) atoms. The van der Waals surface area contributed by atoms with E-state index in [9.17, 15) is 0 Å². The first kappa shape index (κ1) is 15.5. The van der Waals surface area contributed by atoms with Gasteiger partial charge >= 0.3 is 0 Å². The highest BCUT2D eigenvalue weighted by molar-refractivity contribution is 6.35. The van der Waals surface area contributed by atoms with Crippen LogP contribution >= 0.6 is 23.2 Å². The maximum Gasteiger partial charge on any atom is 0.161 e. The standard InChI is InChI=1S/C16H13Cl2NO2/c1-20-16-8-11(6-7-19)2-5-15(16)21-10-12-3-4-13(17)9-14(12)18/h2-5,8-9H,6,10H2,1H3. The Morgan fingerprint density at radius 3 is 2.57 bits per heavy atom. The molecule has 0 heterocycles. The van der Waals surface area contributed by atoms with Crippen LogP contribution in [0.1, 0.15) is 11.1 Å². The Bertz CT molecular complexity index is 680. The fourth-order valence-electron chi connectivity index (χ4n) is 1.83. The number of methoxy groups -OCH3 is 1. The number of ether oxygens (including phenoxy) is 2. The summed E-state index contributed by atoms with van der Waals surface area (Å²) >= 11 is 12.0. The molecule has 0 aliphatic heterocycles. The maximum atomic E-state index is 8.71. The van der Waals surface area contributed by atoms with Gasteiger partial charge in [0.05, 0.1) is 19.6 Å². The summed E-state index contributed by atoms with van der Waals surface area (Å²) in [6, 6.07) is 12.8. The number of hydrogen-bond acceptors (Lipinski definition) is 3. The molecule has 3 nitrogen and oxygen atoms in total. The van der Waals surface area contributed by atoms with Gasteiger partial charge in [-0.25, -0.2) is 0 Å². The van der Waals surface area contributed by atoms with Crippen molar-refractivity contribution in [3.63, 3.8) is 0 Å². The topological polar surface area (TPSA) is 42.2 Å². The van der Waals surface area contributed by atoms with Gasteiger partial charge in [0.25, 0.3) is 0 Å². The van der Waals surface area contributed by atoms with Crippen molar-refractivity contribution in [3.8, 4) is 17.6 Å². The third-order valence-electron chi connectivity index (χ3n) is 2.91. The molecular formula is C16H13Cl2NO2. The van der Waals surface area contributed by atoms with E-state index in [1.54, 1.807) is 31.4 Å². The summed E-state index contributed by atoms with van der Waals surface area (Å²) in [5, 5.41) is 9.85. The molecule has 2 aromatic rings. The van der Waals surface area contributed by atoms with Crippen molar-refractivity contribution in [3.05, 3.63) is 57.6 Å². The van der Waals surface area contributed by atoms with E-state index in [4.69, 9.17) is 37.9 Å². The van der Waals surface area contributed by atoms with Crippen LogP contribution in [-0.4, -0.2) is 7.11 Å². The molecule has 2 aromatic carbocycles. The van der Waals surface area contributed by atoms with Crippen LogP contribution < -0.4 is 9.47 Å². The number of halogens is 2. The van der Waals surface area contributed by atoms with Gasteiger partial charge in [0, 0.05) is 15.6 Å². The fourth-order valence-corrected chi connectivity index (χ4v) is 2.29. The molecule has 0 aliphatic rings. The summed E-state index contributed by atoms with van der Waals surface area (Å²) in [6.45, 7) is 0.309. The summed E-state index contributed by atoms with van der Waals surface area (Å²) in [5.74, 6) is 1.19. The summed E-state index contributed by atoms with van der Waals surface area (Å²) in [7, 11) is 1.56. The molecule has 0 N–H and O–H groups in total. The number of nitrogens with zero attached hydrogens (tertiary/aromatic N) is 1. The minimum Gasteiger partial charge on any atom is -0.493 e. The first-order valence-electron chi connectivity index (χ1n) is 6.24. The van der Waals surface area contributed by atoms with Crippen LogP contribution in [0.2, 0.25) is 10.0 Å². The largest absolute Gasteiger partial charge is 0.493 e. The van der Waals surface area contributed by atoms with Gasteiger partial charge in [-0.1, -0.05) is 35.3 Å². The van der Waals surface area contributed by atoms with E-state index in [1.165, 1.54) is 0 Å². The first-order valence-corrected chi connectivity index (χ1v) is 7.00. The van der Waals surface area contributed by atoms with Crippen molar-refractivity contribution in [1.29, 1.82) is 5.26 Å². The second-order valence-corrected chi connectivity index (χ2v) is 5.19. The Balaban J connectivity index is 2.14. The summed E-state index contributed by atoms with van der Waals surface area (Å²) < 4.78 is 11.0. The number of hydrogen-bond donors (Lipinski definition) is 0. The first-order chi connectivity index (χ1) is 10.1. The number of rotatable bonds is 5. The smallest absolute Gasteiger partial charge is 0.161 e. The quantitative estimate of drug-likeness (QED) is 0.805. The molecule has 108 valence electrons. The van der Waals surface area contributed by atoms with Crippen molar-refractivity contribution in [2.75, 3.05) is 7.11 Å². The normalized spacial score (nSPS) is 10.0. The molecule has 0 radical (unpaired) electrons. The lowest BCUT2D eigenvalue weighted by Crippen LogP contribution is -1.99. The van der Waals surface area contributed by atoms with Gasteiger partial charge in [0.2, 0.25) is 0 Å². The Kier molecular flexibility index (Phi) is 5.32. The minimum absolute atomic E-state index is 0.309. The van der Waals surface area contributed by atoms with Crippen molar-refractivity contribution in [2.45, 2.75) is 13.0 Å². The van der Waals surface area contributed by atoms with Crippen LogP contribution in [0.4, 0.5) is 0 Å². The highest BCUT2D eigenvalue weighted by Gasteiger charge is 2.08. The monoisotopic (exact) mass is 321 g/mol. The molecule has 5 heteroatoms. The van der Waals surface area contributed by atoms with Gasteiger partial charge in [0.15, 0.2) is 11.5 Å². The second kappa shape index (κ2) is 7.21. The van der Waals surface area contributed by atoms with E-state index in [-0.39, 0.29) is 0 Å². The Hall–Kier alpha value is -1.89. The lowest BCUT2D eigenvalue weighted by atomic mass is 10.1. The predicted molar refractivity (Wildman–Crippen MR) is 83.1 cm³/mol. The average molecular weight is 322 g/mol. The Labute approximate surface area is 133 Å². The van der Waals surface area contributed by atoms with Gasteiger partial charge in [-0.2, -0.15) is 5.26 Å². The molecule has 2 rings (SSSR count). The molecule has 0 saturated carbocycles. The highest BCUT2D eigenvalue weighted by Crippen LogP contribution is 2.30. The van der Waals surface area contributed by atoms with E-state index in [0.717, 1.165) is 11.1 Å². The fraction of sp³-hybridized carbons (Fsp3) is 0.188. The van der Waals surface area contributed by atoms with Gasteiger partial charge in [-0.3, -0.25) is 0 Å². The number of nitriles is 1. The van der Waals surface area contributed by atoms with Crippen LogP contribution in [-0.2, 0) is 13.0 Å². The van der Waals surface area contributed by atoms with Crippen LogP contribution in [0, 0.1) is 11.3 Å². The molecular weight excluding hydrogens is 309 g/mol. The molecule has 0 aromatic heterocycles. The van der Waals surface area contributed by atoms with Gasteiger partial charge in [-0.15, -0.1) is 0 Å². The zero-order chi connectivity index (χ0) is 15.2. The highest BCUT2D eigenvalue weighted by atomic mass is 35.5. The molecule has 0 spiro atoms. The lowest BCUT2D eigenvalue weighted by molar-refractivity contribution is 0.284. The molecule has 0 saturated heterocycles. The van der Waals surface area contributed by atoms with Gasteiger partial charge in [-0.05, 0) is 29.8 Å². The molecule has 0 unspecified atom stereocenters. The molecule has 0 atom stereocenters. The van der Waals surface area contributed by atoms with Crippen molar-refractivity contribution < 1.29 is 9.47 Å². The molecule has 0 bridgehead atoms. The van der Waals surface area contributed by atoms with Crippen molar-refractivity contribution in [1.82, 2.24) is 0 Å². The molecule has 0 fully saturated rings. The van der Waals surface area contributed by atoms with E-state index >= 15 is 0 Å². The van der Waals surface area contributed by atoms with Crippen LogP contribution in [0.25, 0.3) is 0 Å². The zero-order valence-corrected chi connectivity index (χ0v) is 12.9. The van der Waals surface area contributed by atoms with Gasteiger partial charge in [0.1, 0.15) is 6.61 Å². The molecule has 0 aliphatic carbocycles. The predicted octanol–water partition coefficient (Wildman–Crippen LogP) is 4.65. The minimum atomic E-state index is 0.309. The van der Waals surface area contributed by atoms with E-state index in [2.05, 4.69) is 6.07 Å². The van der Waals surface area contributed by atoms with Crippen molar-refractivity contribution in [2.24, 2.45) is 0 Å². The SMILES string of the molecule is COc1cc(CC#N)ccc1OCc1ccc(Cl)cc1Cl.